The first-order chi connectivity index (χ1) is 15.4. The van der Waals surface area contributed by atoms with E-state index in [0.717, 1.165) is 10.5 Å². The number of ether oxygens (including phenoxy) is 2. The highest BCUT2D eigenvalue weighted by molar-refractivity contribution is 6.46. The van der Waals surface area contributed by atoms with Gasteiger partial charge in [-0.2, -0.15) is 0 Å². The zero-order valence-corrected chi connectivity index (χ0v) is 18.6. The van der Waals surface area contributed by atoms with Crippen molar-refractivity contribution in [3.8, 4) is 11.5 Å². The lowest BCUT2D eigenvalue weighted by Crippen LogP contribution is -2.32. The molecule has 0 saturated carbocycles. The quantitative estimate of drug-likeness (QED) is 0.534. The van der Waals surface area contributed by atoms with Gasteiger partial charge in [0.05, 0.1) is 25.5 Å². The Labute approximate surface area is 191 Å². The van der Waals surface area contributed by atoms with Crippen molar-refractivity contribution in [3.63, 3.8) is 0 Å². The van der Waals surface area contributed by atoms with E-state index in [9.17, 15) is 9.59 Å². The van der Waals surface area contributed by atoms with Gasteiger partial charge in [0.15, 0.2) is 0 Å². The Bertz CT molecular complexity index is 1230. The first kappa shape index (κ1) is 21.5. The zero-order valence-electron chi connectivity index (χ0n) is 17.8. The standard InChI is InChI=1S/C25H21ClN2O4/c1-15-7-10-18(14-21(15)26)28-24(29)22(16-8-11-19(31-2)12-9-16)23(25(28)30)27-17-5-4-6-20(13-17)32-3/h4-14,27H,1-3H3. The third kappa shape index (κ3) is 3.92. The van der Waals surface area contributed by atoms with E-state index in [0.29, 0.717) is 33.5 Å². The van der Waals surface area contributed by atoms with Crippen molar-refractivity contribution in [2.45, 2.75) is 6.92 Å². The molecule has 1 aliphatic heterocycles. The summed E-state index contributed by atoms with van der Waals surface area (Å²) >= 11 is 6.27. The van der Waals surface area contributed by atoms with Crippen LogP contribution in [0.1, 0.15) is 11.1 Å². The van der Waals surface area contributed by atoms with Crippen molar-refractivity contribution in [1.82, 2.24) is 0 Å². The van der Waals surface area contributed by atoms with E-state index in [1.165, 1.54) is 0 Å². The number of nitrogens with zero attached hydrogens (tertiary/aromatic N) is 1. The van der Waals surface area contributed by atoms with E-state index < -0.39 is 11.8 Å². The van der Waals surface area contributed by atoms with E-state index in [1.54, 1.807) is 80.9 Å². The summed E-state index contributed by atoms with van der Waals surface area (Å²) in [5, 5.41) is 3.60. The number of methoxy groups -OCH3 is 2. The Kier molecular flexibility index (Phi) is 5.88. The second-order valence-electron chi connectivity index (χ2n) is 7.21. The lowest BCUT2D eigenvalue weighted by atomic mass is 10.0. The minimum Gasteiger partial charge on any atom is -0.497 e. The van der Waals surface area contributed by atoms with E-state index in [-0.39, 0.29) is 11.3 Å². The number of halogens is 1. The van der Waals surface area contributed by atoms with Gasteiger partial charge in [0.2, 0.25) is 0 Å². The summed E-state index contributed by atoms with van der Waals surface area (Å²) in [4.78, 5) is 28.1. The lowest BCUT2D eigenvalue weighted by molar-refractivity contribution is -0.120. The highest BCUT2D eigenvalue weighted by atomic mass is 35.5. The SMILES string of the molecule is COc1ccc(C2=C(Nc3cccc(OC)c3)C(=O)N(c3ccc(C)c(Cl)c3)C2=O)cc1. The summed E-state index contributed by atoms with van der Waals surface area (Å²) in [6.07, 6.45) is 0. The molecule has 1 aliphatic rings. The molecule has 7 heteroatoms. The molecule has 32 heavy (non-hydrogen) atoms. The summed E-state index contributed by atoms with van der Waals surface area (Å²) in [5.41, 5.74) is 2.91. The molecule has 3 aromatic carbocycles. The normalized spacial score (nSPS) is 13.6. The monoisotopic (exact) mass is 448 g/mol. The maximum Gasteiger partial charge on any atom is 0.282 e. The van der Waals surface area contributed by atoms with Gasteiger partial charge < -0.3 is 14.8 Å². The Morgan fingerprint density at radius 1 is 0.844 bits per heavy atom. The van der Waals surface area contributed by atoms with Crippen LogP contribution in [0.25, 0.3) is 5.57 Å². The van der Waals surface area contributed by atoms with Crippen LogP contribution in [0.3, 0.4) is 0 Å². The lowest BCUT2D eigenvalue weighted by Gasteiger charge is -2.16. The minimum absolute atomic E-state index is 0.171. The number of hydrogen-bond donors (Lipinski definition) is 1. The summed E-state index contributed by atoms with van der Waals surface area (Å²) in [7, 11) is 3.13. The predicted molar refractivity (Wildman–Crippen MR) is 125 cm³/mol. The Balaban J connectivity index is 1.81. The molecule has 1 heterocycles. The average Bonchev–Trinajstić information content (AvgIpc) is 3.05. The van der Waals surface area contributed by atoms with Crippen LogP contribution < -0.4 is 19.7 Å². The molecule has 0 unspecified atom stereocenters. The van der Waals surface area contributed by atoms with Crippen LogP contribution in [0.4, 0.5) is 11.4 Å². The highest BCUT2D eigenvalue weighted by Gasteiger charge is 2.40. The maximum atomic E-state index is 13.5. The van der Waals surface area contributed by atoms with Gasteiger partial charge in [-0.3, -0.25) is 9.59 Å². The first-order valence-corrected chi connectivity index (χ1v) is 10.3. The van der Waals surface area contributed by atoms with Crippen molar-refractivity contribution in [2.75, 3.05) is 24.4 Å². The molecule has 1 N–H and O–H groups in total. The number of nitrogens with one attached hydrogen (secondary N) is 1. The zero-order chi connectivity index (χ0) is 22.8. The van der Waals surface area contributed by atoms with Crippen molar-refractivity contribution in [1.29, 1.82) is 0 Å². The summed E-state index contributed by atoms with van der Waals surface area (Å²) in [6, 6.07) is 19.2. The molecule has 6 nitrogen and oxygen atoms in total. The van der Waals surface area contributed by atoms with E-state index in [1.807, 2.05) is 6.92 Å². The van der Waals surface area contributed by atoms with Crippen LogP contribution in [0, 0.1) is 6.92 Å². The van der Waals surface area contributed by atoms with Gasteiger partial charge in [-0.25, -0.2) is 4.90 Å². The molecule has 0 radical (unpaired) electrons. The number of carbonyl (C=O) groups is 2. The molecule has 0 spiro atoms. The number of anilines is 2. The molecule has 0 aliphatic carbocycles. The third-order valence-electron chi connectivity index (χ3n) is 5.22. The fourth-order valence-electron chi connectivity index (χ4n) is 3.47. The van der Waals surface area contributed by atoms with Gasteiger partial charge in [0.1, 0.15) is 17.2 Å². The number of aryl methyl sites for hydroxylation is 1. The summed E-state index contributed by atoms with van der Waals surface area (Å²) in [5.74, 6) is 0.366. The van der Waals surface area contributed by atoms with Crippen LogP contribution in [-0.4, -0.2) is 26.0 Å². The topological polar surface area (TPSA) is 67.9 Å². The number of hydrogen-bond acceptors (Lipinski definition) is 5. The minimum atomic E-state index is -0.469. The Hall–Kier alpha value is -3.77. The fourth-order valence-corrected chi connectivity index (χ4v) is 3.65. The largest absolute Gasteiger partial charge is 0.497 e. The maximum absolute atomic E-state index is 13.5. The van der Waals surface area contributed by atoms with Gasteiger partial charge in [0.25, 0.3) is 11.8 Å². The molecule has 4 rings (SSSR count). The molecule has 0 aromatic heterocycles. The Morgan fingerprint density at radius 2 is 1.56 bits per heavy atom. The first-order valence-electron chi connectivity index (χ1n) is 9.87. The van der Waals surface area contributed by atoms with Gasteiger partial charge in [0, 0.05) is 16.8 Å². The van der Waals surface area contributed by atoms with E-state index >= 15 is 0 Å². The number of amides is 2. The van der Waals surface area contributed by atoms with Gasteiger partial charge in [-0.15, -0.1) is 0 Å². The van der Waals surface area contributed by atoms with Crippen LogP contribution >= 0.6 is 11.6 Å². The summed E-state index contributed by atoms with van der Waals surface area (Å²) in [6.45, 7) is 1.86. The smallest absolute Gasteiger partial charge is 0.282 e. The second-order valence-corrected chi connectivity index (χ2v) is 7.62. The number of carbonyl (C=O) groups excluding carboxylic acids is 2. The highest BCUT2D eigenvalue weighted by Crippen LogP contribution is 2.36. The number of benzene rings is 3. The van der Waals surface area contributed by atoms with Crippen molar-refractivity contribution in [2.24, 2.45) is 0 Å². The van der Waals surface area contributed by atoms with Crippen molar-refractivity contribution >= 4 is 40.4 Å². The van der Waals surface area contributed by atoms with Crippen molar-refractivity contribution < 1.29 is 19.1 Å². The predicted octanol–water partition coefficient (Wildman–Crippen LogP) is 5.06. The van der Waals surface area contributed by atoms with Gasteiger partial charge in [-0.05, 0) is 54.4 Å². The molecular formula is C25H21ClN2O4. The van der Waals surface area contributed by atoms with Crippen LogP contribution in [0.15, 0.2) is 72.4 Å². The van der Waals surface area contributed by atoms with Crippen LogP contribution in [-0.2, 0) is 9.59 Å². The molecule has 2 amide bonds. The Morgan fingerprint density at radius 3 is 2.22 bits per heavy atom. The second kappa shape index (κ2) is 8.77. The molecule has 0 saturated heterocycles. The fraction of sp³-hybridized carbons (Fsp3) is 0.120. The van der Waals surface area contributed by atoms with Crippen LogP contribution in [0.2, 0.25) is 5.02 Å². The van der Waals surface area contributed by atoms with Crippen LogP contribution in [0.5, 0.6) is 11.5 Å². The third-order valence-corrected chi connectivity index (χ3v) is 5.62. The van der Waals surface area contributed by atoms with E-state index in [4.69, 9.17) is 21.1 Å². The molecule has 3 aromatic rings. The number of rotatable bonds is 6. The molecular weight excluding hydrogens is 428 g/mol. The molecule has 0 atom stereocenters. The number of imide groups is 1. The molecule has 0 bridgehead atoms. The van der Waals surface area contributed by atoms with Crippen molar-refractivity contribution in [3.05, 3.63) is 88.6 Å². The van der Waals surface area contributed by atoms with Gasteiger partial charge >= 0.3 is 0 Å². The van der Waals surface area contributed by atoms with E-state index in [2.05, 4.69) is 5.32 Å². The average molecular weight is 449 g/mol. The van der Waals surface area contributed by atoms with Gasteiger partial charge in [-0.1, -0.05) is 35.9 Å². The summed E-state index contributed by atoms with van der Waals surface area (Å²) < 4.78 is 10.5. The molecule has 0 fully saturated rings. The molecule has 162 valence electrons.